The van der Waals surface area contributed by atoms with Crippen molar-refractivity contribution >= 4 is 17.1 Å². The molecule has 0 saturated heterocycles. The first-order valence-electron chi connectivity index (χ1n) is 8.76. The summed E-state index contributed by atoms with van der Waals surface area (Å²) >= 11 is 0. The summed E-state index contributed by atoms with van der Waals surface area (Å²) in [5.74, 6) is 1.82. The fraction of sp³-hybridized carbons (Fsp3) is 0.217. The lowest BCUT2D eigenvalue weighted by Crippen LogP contribution is -2.16. The molecule has 3 aromatic carbocycles. The third-order valence-electron chi connectivity index (χ3n) is 4.34. The molecule has 3 aromatic rings. The molecular weight excluding hydrogens is 306 g/mol. The van der Waals surface area contributed by atoms with E-state index in [0.29, 0.717) is 0 Å². The summed E-state index contributed by atoms with van der Waals surface area (Å²) in [6.45, 7) is 6.79. The average molecular weight is 329 g/mol. The van der Waals surface area contributed by atoms with E-state index < -0.39 is 0 Å². The lowest BCUT2D eigenvalue weighted by Gasteiger charge is -2.33. The van der Waals surface area contributed by atoms with E-state index in [9.17, 15) is 0 Å². The molecule has 2 heteroatoms. The van der Waals surface area contributed by atoms with Gasteiger partial charge in [0.15, 0.2) is 11.5 Å². The van der Waals surface area contributed by atoms with Gasteiger partial charge in [0, 0.05) is 5.69 Å². The predicted octanol–water partition coefficient (Wildman–Crippen LogP) is 6.85. The summed E-state index contributed by atoms with van der Waals surface area (Å²) in [7, 11) is 0. The van der Waals surface area contributed by atoms with Gasteiger partial charge in [-0.2, -0.15) is 0 Å². The van der Waals surface area contributed by atoms with Crippen LogP contribution < -0.4 is 9.64 Å². The highest BCUT2D eigenvalue weighted by atomic mass is 16.5. The molecule has 0 aromatic heterocycles. The second-order valence-corrected chi connectivity index (χ2v) is 7.78. The van der Waals surface area contributed by atoms with Crippen LogP contribution in [0.3, 0.4) is 0 Å². The number of anilines is 3. The maximum Gasteiger partial charge on any atom is 0.151 e. The zero-order chi connectivity index (χ0) is 17.4. The number of hydrogen-bond donors (Lipinski definition) is 0. The van der Waals surface area contributed by atoms with E-state index in [-0.39, 0.29) is 5.41 Å². The van der Waals surface area contributed by atoms with E-state index in [1.165, 1.54) is 5.56 Å². The maximum atomic E-state index is 6.24. The van der Waals surface area contributed by atoms with E-state index in [2.05, 4.69) is 80.3 Å². The second-order valence-electron chi connectivity index (χ2n) is 7.78. The van der Waals surface area contributed by atoms with E-state index in [0.717, 1.165) is 35.0 Å². The molecule has 0 aliphatic carbocycles. The Labute approximate surface area is 149 Å². The van der Waals surface area contributed by atoms with Gasteiger partial charge < -0.3 is 9.64 Å². The number of nitrogens with zero attached hydrogens (tertiary/aromatic N) is 1. The first kappa shape index (κ1) is 15.8. The average Bonchev–Trinajstić information content (AvgIpc) is 2.59. The topological polar surface area (TPSA) is 12.5 Å². The summed E-state index contributed by atoms with van der Waals surface area (Å²) in [6.07, 6.45) is 1.02. The molecule has 4 rings (SSSR count). The largest absolute Gasteiger partial charge is 0.453 e. The van der Waals surface area contributed by atoms with Crippen molar-refractivity contribution in [2.45, 2.75) is 27.2 Å². The first-order valence-corrected chi connectivity index (χ1v) is 8.76. The Morgan fingerprint density at radius 3 is 2.20 bits per heavy atom. The number of benzene rings is 3. The van der Waals surface area contributed by atoms with Gasteiger partial charge >= 0.3 is 0 Å². The van der Waals surface area contributed by atoms with E-state index in [1.54, 1.807) is 0 Å². The minimum atomic E-state index is 0.250. The van der Waals surface area contributed by atoms with Crippen LogP contribution in [0.15, 0.2) is 72.8 Å². The molecule has 0 atom stereocenters. The van der Waals surface area contributed by atoms with Crippen LogP contribution in [-0.2, 0) is 6.42 Å². The monoisotopic (exact) mass is 329 g/mol. The van der Waals surface area contributed by atoms with Crippen LogP contribution in [-0.4, -0.2) is 0 Å². The molecule has 126 valence electrons. The molecule has 0 saturated carbocycles. The zero-order valence-corrected chi connectivity index (χ0v) is 15.0. The van der Waals surface area contributed by atoms with Gasteiger partial charge in [0.1, 0.15) is 0 Å². The molecule has 0 radical (unpaired) electrons. The Morgan fingerprint density at radius 2 is 1.44 bits per heavy atom. The van der Waals surface area contributed by atoms with Gasteiger partial charge in [0.05, 0.1) is 11.4 Å². The number of para-hydroxylation sites is 3. The van der Waals surface area contributed by atoms with E-state index >= 15 is 0 Å². The Kier molecular flexibility index (Phi) is 3.76. The quantitative estimate of drug-likeness (QED) is 0.399. The molecule has 1 aliphatic rings. The van der Waals surface area contributed by atoms with E-state index in [1.807, 2.05) is 18.2 Å². The van der Waals surface area contributed by atoms with Gasteiger partial charge in [-0.05, 0) is 53.8 Å². The smallest absolute Gasteiger partial charge is 0.151 e. The van der Waals surface area contributed by atoms with Crippen LogP contribution in [0.4, 0.5) is 17.1 Å². The molecule has 1 aliphatic heterocycles. The van der Waals surface area contributed by atoms with Crippen LogP contribution in [0, 0.1) is 5.41 Å². The number of rotatable bonds is 2. The lowest BCUT2D eigenvalue weighted by molar-refractivity contribution is 0.409. The fourth-order valence-corrected chi connectivity index (χ4v) is 3.38. The Balaban J connectivity index is 1.84. The minimum Gasteiger partial charge on any atom is -0.453 e. The minimum absolute atomic E-state index is 0.250. The summed E-state index contributed by atoms with van der Waals surface area (Å²) < 4.78 is 6.24. The SMILES string of the molecule is CC(C)(C)Cc1ccc2c(c1)Oc1ccccc1N2c1ccccc1. The molecule has 0 amide bonds. The van der Waals surface area contributed by atoms with Gasteiger partial charge in [-0.3, -0.25) is 0 Å². The second kappa shape index (κ2) is 5.96. The normalized spacial score (nSPS) is 13.0. The molecule has 2 nitrogen and oxygen atoms in total. The molecule has 0 N–H and O–H groups in total. The molecular formula is C23H23NO. The summed E-state index contributed by atoms with van der Waals surface area (Å²) in [5, 5.41) is 0. The van der Waals surface area contributed by atoms with Crippen molar-refractivity contribution < 1.29 is 4.74 Å². The Hall–Kier alpha value is -2.74. The standard InChI is InChI=1S/C23H23NO/c1-23(2,3)16-17-13-14-20-22(15-17)25-21-12-8-7-11-19(21)24(20)18-9-5-4-6-10-18/h4-15H,16H2,1-3H3. The fourth-order valence-electron chi connectivity index (χ4n) is 3.38. The van der Waals surface area contributed by atoms with Gasteiger partial charge in [0.2, 0.25) is 0 Å². The molecule has 25 heavy (non-hydrogen) atoms. The highest BCUT2D eigenvalue weighted by Crippen LogP contribution is 2.50. The van der Waals surface area contributed by atoms with Crippen LogP contribution >= 0.6 is 0 Å². The molecule has 0 fully saturated rings. The summed E-state index contributed by atoms with van der Waals surface area (Å²) in [4.78, 5) is 2.27. The van der Waals surface area contributed by atoms with Crippen LogP contribution in [0.5, 0.6) is 11.5 Å². The first-order chi connectivity index (χ1) is 12.0. The van der Waals surface area contributed by atoms with Gasteiger partial charge in [0.25, 0.3) is 0 Å². The summed E-state index contributed by atoms with van der Waals surface area (Å²) in [6, 6.07) is 25.3. The summed E-state index contributed by atoms with van der Waals surface area (Å²) in [5.41, 5.74) is 4.86. The van der Waals surface area contributed by atoms with Crippen molar-refractivity contribution in [2.24, 2.45) is 5.41 Å². The molecule has 0 spiro atoms. The molecule has 1 heterocycles. The number of hydrogen-bond acceptors (Lipinski definition) is 2. The lowest BCUT2D eigenvalue weighted by atomic mass is 9.88. The molecule has 0 bridgehead atoms. The van der Waals surface area contributed by atoms with Gasteiger partial charge in [-0.1, -0.05) is 57.2 Å². The Bertz CT molecular complexity index is 893. The highest BCUT2D eigenvalue weighted by Gasteiger charge is 2.26. The van der Waals surface area contributed by atoms with Crippen molar-refractivity contribution in [1.29, 1.82) is 0 Å². The van der Waals surface area contributed by atoms with Crippen molar-refractivity contribution in [1.82, 2.24) is 0 Å². The van der Waals surface area contributed by atoms with Crippen LogP contribution in [0.2, 0.25) is 0 Å². The maximum absolute atomic E-state index is 6.24. The third-order valence-corrected chi connectivity index (χ3v) is 4.34. The van der Waals surface area contributed by atoms with Crippen molar-refractivity contribution in [2.75, 3.05) is 4.90 Å². The van der Waals surface area contributed by atoms with Gasteiger partial charge in [-0.15, -0.1) is 0 Å². The van der Waals surface area contributed by atoms with Crippen molar-refractivity contribution in [3.8, 4) is 11.5 Å². The Morgan fingerprint density at radius 1 is 0.760 bits per heavy atom. The highest BCUT2D eigenvalue weighted by molar-refractivity contribution is 5.86. The van der Waals surface area contributed by atoms with Crippen LogP contribution in [0.25, 0.3) is 0 Å². The van der Waals surface area contributed by atoms with Crippen molar-refractivity contribution in [3.05, 3.63) is 78.4 Å². The predicted molar refractivity (Wildman–Crippen MR) is 104 cm³/mol. The third kappa shape index (κ3) is 3.12. The van der Waals surface area contributed by atoms with Gasteiger partial charge in [-0.25, -0.2) is 0 Å². The zero-order valence-electron chi connectivity index (χ0n) is 15.0. The number of fused-ring (bicyclic) bond motifs is 2. The molecule has 0 unspecified atom stereocenters. The van der Waals surface area contributed by atoms with Crippen molar-refractivity contribution in [3.63, 3.8) is 0 Å². The number of ether oxygens (including phenoxy) is 1. The van der Waals surface area contributed by atoms with E-state index in [4.69, 9.17) is 4.74 Å². The van der Waals surface area contributed by atoms with Crippen LogP contribution in [0.1, 0.15) is 26.3 Å².